The third-order valence-electron chi connectivity index (χ3n) is 13.2. The minimum atomic E-state index is -0.549. The summed E-state index contributed by atoms with van der Waals surface area (Å²) in [7, 11) is 0. The van der Waals surface area contributed by atoms with Crippen LogP contribution in [0.3, 0.4) is 0 Å². The number of likely N-dealkylation sites (N-methyl/N-ethyl adjacent to an activating group) is 2. The Kier molecular flexibility index (Phi) is 19.6. The topological polar surface area (TPSA) is 86.2 Å². The summed E-state index contributed by atoms with van der Waals surface area (Å²) in [6.45, 7) is 12.1. The zero-order valence-electron chi connectivity index (χ0n) is 39.0. The van der Waals surface area contributed by atoms with Gasteiger partial charge >= 0.3 is 0 Å². The lowest BCUT2D eigenvalue weighted by molar-refractivity contribution is 0.331. The fourth-order valence-electron chi connectivity index (χ4n) is 9.67. The van der Waals surface area contributed by atoms with Crippen LogP contribution in [0.4, 0.5) is 17.6 Å². The first-order chi connectivity index (χ1) is 31.5. The summed E-state index contributed by atoms with van der Waals surface area (Å²) in [6.07, 6.45) is 9.94. The fourth-order valence-corrected chi connectivity index (χ4v) is 9.67. The van der Waals surface area contributed by atoms with Crippen molar-refractivity contribution in [2.45, 2.75) is 135 Å². The van der Waals surface area contributed by atoms with Gasteiger partial charge in [-0.15, -0.1) is 0 Å². The summed E-state index contributed by atoms with van der Waals surface area (Å²) in [4.78, 5) is 0. The molecule has 0 heterocycles. The van der Waals surface area contributed by atoms with E-state index in [1.165, 1.54) is 76.1 Å². The summed E-state index contributed by atoms with van der Waals surface area (Å²) < 4.78 is 55.0. The van der Waals surface area contributed by atoms with Gasteiger partial charge in [0.15, 0.2) is 0 Å². The lowest BCUT2D eigenvalue weighted by Gasteiger charge is -2.33. The van der Waals surface area contributed by atoms with Gasteiger partial charge in [0.05, 0.1) is 0 Å². The smallest absolute Gasteiger partial charge is 0.126 e. The van der Waals surface area contributed by atoms with Gasteiger partial charge in [-0.3, -0.25) is 0 Å². The van der Waals surface area contributed by atoms with E-state index in [4.69, 9.17) is 5.73 Å². The molecule has 0 saturated heterocycles. The first-order valence-electron chi connectivity index (χ1n) is 24.1. The average molecular weight is 893 g/mol. The van der Waals surface area contributed by atoms with E-state index in [0.717, 1.165) is 76.8 Å². The molecule has 0 saturated carbocycles. The molecule has 6 nitrogen and oxygen atoms in total. The van der Waals surface area contributed by atoms with Crippen LogP contribution in [-0.2, 0) is 45.1 Å². The number of halogens is 4. The Morgan fingerprint density at radius 2 is 0.985 bits per heavy atom. The van der Waals surface area contributed by atoms with Crippen LogP contribution in [-0.4, -0.2) is 50.3 Å². The molecule has 7 rings (SSSR count). The van der Waals surface area contributed by atoms with E-state index in [-0.39, 0.29) is 24.2 Å². The molecule has 0 amide bonds. The number of nitrogens with two attached hydrogens (primary N) is 1. The SMILES string of the molecule is CCN[C@@H](Cc1cc(F)cc(F)c1)C(CNC1CCCc2ccc(CC)cc21)NCc1ccccc1.CCN[C@@H](Cc1cc(F)cc(F)c1)C(N)CNC1CCCc2ccc(CC)cc21. The number of rotatable bonds is 21. The van der Waals surface area contributed by atoms with E-state index in [0.29, 0.717) is 42.6 Å². The van der Waals surface area contributed by atoms with E-state index in [2.05, 4.69) is 95.9 Å². The van der Waals surface area contributed by atoms with Crippen LogP contribution in [0.1, 0.15) is 116 Å². The Balaban J connectivity index is 0.000000221. The normalized spacial score (nSPS) is 17.6. The molecule has 0 spiro atoms. The molecule has 0 radical (unpaired) electrons. The first-order valence-corrected chi connectivity index (χ1v) is 24.1. The van der Waals surface area contributed by atoms with Crippen LogP contribution in [0.25, 0.3) is 0 Å². The number of hydrogen-bond donors (Lipinski definition) is 6. The molecular weight excluding hydrogens is 821 g/mol. The lowest BCUT2D eigenvalue weighted by Crippen LogP contribution is -2.54. The van der Waals surface area contributed by atoms with Gasteiger partial charge < -0.3 is 32.3 Å². The van der Waals surface area contributed by atoms with Gasteiger partial charge in [0.1, 0.15) is 23.3 Å². The van der Waals surface area contributed by atoms with Crippen LogP contribution < -0.4 is 32.3 Å². The second-order valence-electron chi connectivity index (χ2n) is 17.9. The lowest BCUT2D eigenvalue weighted by atomic mass is 9.86. The van der Waals surface area contributed by atoms with E-state index < -0.39 is 23.3 Å². The van der Waals surface area contributed by atoms with E-state index in [1.807, 2.05) is 25.1 Å². The van der Waals surface area contributed by atoms with Crippen LogP contribution in [0.15, 0.2) is 103 Å². The van der Waals surface area contributed by atoms with Gasteiger partial charge in [0.2, 0.25) is 0 Å². The Bertz CT molecular complexity index is 2180. The van der Waals surface area contributed by atoms with Crippen molar-refractivity contribution < 1.29 is 17.6 Å². The maximum atomic E-state index is 13.9. The molecular formula is C55H72F4N6. The second kappa shape index (κ2) is 25.5. The van der Waals surface area contributed by atoms with Gasteiger partial charge in [0.25, 0.3) is 0 Å². The van der Waals surface area contributed by atoms with Gasteiger partial charge in [-0.1, -0.05) is 94.4 Å². The third-order valence-corrected chi connectivity index (χ3v) is 13.2. The molecule has 0 bridgehead atoms. The molecule has 4 unspecified atom stereocenters. The molecule has 2 aliphatic rings. The highest BCUT2D eigenvalue weighted by Gasteiger charge is 2.27. The molecule has 5 aromatic rings. The molecule has 6 atom stereocenters. The van der Waals surface area contributed by atoms with E-state index in [1.54, 1.807) is 0 Å². The van der Waals surface area contributed by atoms with Crippen LogP contribution in [0.2, 0.25) is 0 Å². The van der Waals surface area contributed by atoms with Gasteiger partial charge in [0, 0.05) is 68.0 Å². The van der Waals surface area contributed by atoms with Gasteiger partial charge in [-0.05, 0) is 152 Å². The minimum Gasteiger partial charge on any atom is -0.325 e. The number of hydrogen-bond acceptors (Lipinski definition) is 6. The standard InChI is InChI=1S/C31H39F2N3.C24H33F2N3/c1-3-22-13-14-25-11-8-12-29(28(25)17-22)36-21-31(35-20-23-9-6-5-7-10-23)30(34-4-2)18-24-15-26(32)19-27(33)16-24;1-3-16-8-9-18-6-5-7-23(21(18)12-16)29-15-22(27)24(28-4-2)13-17-10-19(25)14-20(26)11-17/h5-7,9-10,13-17,19,29-31,34-36H,3-4,8,11-12,18,20-21H2,1-2H3;8-12,14,22-24,28-29H,3-7,13,15,27H2,1-2H3/t29?,30-,31?;22?,23?,24-/m00/s1. The van der Waals surface area contributed by atoms with Crippen LogP contribution in [0, 0.1) is 23.3 Å². The van der Waals surface area contributed by atoms with Crippen molar-refractivity contribution in [2.24, 2.45) is 5.73 Å². The quantitative estimate of drug-likeness (QED) is 0.0412. The molecule has 10 heteroatoms. The number of aryl methyl sites for hydroxylation is 4. The summed E-state index contributed by atoms with van der Waals surface area (Å²) >= 11 is 0. The van der Waals surface area contributed by atoms with Crippen LogP contribution in [0.5, 0.6) is 0 Å². The maximum Gasteiger partial charge on any atom is 0.126 e. The zero-order valence-corrected chi connectivity index (χ0v) is 39.0. The summed E-state index contributed by atoms with van der Waals surface area (Å²) in [5.41, 5.74) is 17.4. The molecule has 350 valence electrons. The predicted octanol–water partition coefficient (Wildman–Crippen LogP) is 9.92. The van der Waals surface area contributed by atoms with Crippen molar-refractivity contribution in [2.75, 3.05) is 26.2 Å². The minimum absolute atomic E-state index is 0.0115. The van der Waals surface area contributed by atoms with Gasteiger partial charge in [-0.25, -0.2) is 17.6 Å². The molecule has 0 aromatic heterocycles. The van der Waals surface area contributed by atoms with E-state index >= 15 is 0 Å². The monoisotopic (exact) mass is 893 g/mol. The van der Waals surface area contributed by atoms with Crippen molar-refractivity contribution in [1.82, 2.24) is 26.6 Å². The van der Waals surface area contributed by atoms with Crippen molar-refractivity contribution in [1.29, 1.82) is 0 Å². The third kappa shape index (κ3) is 15.0. The summed E-state index contributed by atoms with van der Waals surface area (Å²) in [6, 6.07) is 32.1. The molecule has 7 N–H and O–H groups in total. The Morgan fingerprint density at radius 3 is 1.48 bits per heavy atom. The highest BCUT2D eigenvalue weighted by Crippen LogP contribution is 2.32. The second-order valence-corrected chi connectivity index (χ2v) is 17.9. The molecule has 0 fully saturated rings. The number of nitrogens with one attached hydrogen (secondary N) is 5. The number of fused-ring (bicyclic) bond motifs is 2. The molecule has 5 aromatic carbocycles. The largest absolute Gasteiger partial charge is 0.325 e. The van der Waals surface area contributed by atoms with E-state index in [9.17, 15) is 17.6 Å². The highest BCUT2D eigenvalue weighted by molar-refractivity contribution is 5.37. The highest BCUT2D eigenvalue weighted by atomic mass is 19.1. The number of benzene rings is 5. The maximum absolute atomic E-state index is 13.9. The van der Waals surface area contributed by atoms with Crippen molar-refractivity contribution in [3.05, 3.63) is 176 Å². The Morgan fingerprint density at radius 1 is 0.508 bits per heavy atom. The van der Waals surface area contributed by atoms with Crippen LogP contribution >= 0.6 is 0 Å². The molecule has 0 aliphatic heterocycles. The Hall–Kier alpha value is -4.42. The molecule has 2 aliphatic carbocycles. The summed E-state index contributed by atoms with van der Waals surface area (Å²) in [5, 5.41) is 18.2. The zero-order chi connectivity index (χ0) is 46.1. The molecule has 65 heavy (non-hydrogen) atoms. The van der Waals surface area contributed by atoms with Crippen molar-refractivity contribution in [3.8, 4) is 0 Å². The van der Waals surface area contributed by atoms with Crippen molar-refractivity contribution in [3.63, 3.8) is 0 Å². The average Bonchev–Trinajstić information content (AvgIpc) is 3.30. The van der Waals surface area contributed by atoms with Crippen molar-refractivity contribution >= 4 is 0 Å². The Labute approximate surface area is 386 Å². The fraction of sp³-hybridized carbons (Fsp3) is 0.455. The summed E-state index contributed by atoms with van der Waals surface area (Å²) in [5.74, 6) is -2.16. The predicted molar refractivity (Wildman–Crippen MR) is 259 cm³/mol. The first kappa shape index (κ1) is 50.0. The van der Waals surface area contributed by atoms with Gasteiger partial charge in [-0.2, -0.15) is 0 Å².